The lowest BCUT2D eigenvalue weighted by Gasteiger charge is -2.09. The molecule has 1 aromatic carbocycles. The second-order valence-electron chi connectivity index (χ2n) is 3.73. The highest BCUT2D eigenvalue weighted by Crippen LogP contribution is 2.19. The summed E-state index contributed by atoms with van der Waals surface area (Å²) in [6, 6.07) is 6.65. The van der Waals surface area contributed by atoms with Crippen LogP contribution >= 0.6 is 0 Å². The van der Waals surface area contributed by atoms with Gasteiger partial charge >= 0.3 is 5.97 Å². The third-order valence-corrected chi connectivity index (χ3v) is 2.32. The predicted octanol–water partition coefficient (Wildman–Crippen LogP) is 2.47. The Bertz CT molecular complexity index is 365. The zero-order valence-corrected chi connectivity index (χ0v) is 8.86. The van der Waals surface area contributed by atoms with Gasteiger partial charge in [-0.15, -0.1) is 0 Å². The molecule has 0 spiro atoms. The lowest BCUT2D eigenvalue weighted by molar-refractivity contribution is -0.117. The van der Waals surface area contributed by atoms with Crippen molar-refractivity contribution in [3.8, 4) is 0 Å². The number of rotatable bonds is 4. The molecule has 1 aromatic rings. The fourth-order valence-corrected chi connectivity index (χ4v) is 1.50. The Hall–Kier alpha value is -1.64. The standard InChI is InChI=1S/C12H14O3/c1-8(7-9(2)13)10-3-5-11(6-4-10)12(14)15/h3-6,8H,7H2,1-2H3,(H,14,15). The minimum Gasteiger partial charge on any atom is -0.478 e. The van der Waals surface area contributed by atoms with Gasteiger partial charge in [0.15, 0.2) is 0 Å². The van der Waals surface area contributed by atoms with Crippen molar-refractivity contribution >= 4 is 11.8 Å². The molecule has 0 saturated heterocycles. The molecule has 0 heterocycles. The molecule has 0 aliphatic heterocycles. The molecule has 0 radical (unpaired) electrons. The first-order chi connectivity index (χ1) is 7.00. The highest BCUT2D eigenvalue weighted by atomic mass is 16.4. The van der Waals surface area contributed by atoms with Crippen molar-refractivity contribution in [2.24, 2.45) is 0 Å². The molecule has 1 rings (SSSR count). The van der Waals surface area contributed by atoms with Gasteiger partial charge in [0.2, 0.25) is 0 Å². The number of hydrogen-bond donors (Lipinski definition) is 1. The van der Waals surface area contributed by atoms with E-state index in [0.29, 0.717) is 6.42 Å². The van der Waals surface area contributed by atoms with Crippen LogP contribution in [0.1, 0.15) is 42.1 Å². The van der Waals surface area contributed by atoms with Crippen LogP contribution in [0.5, 0.6) is 0 Å². The fourth-order valence-electron chi connectivity index (χ4n) is 1.50. The number of carboxylic acid groups (broad SMARTS) is 1. The molecular weight excluding hydrogens is 192 g/mol. The maximum atomic E-state index is 10.9. The Labute approximate surface area is 88.7 Å². The second kappa shape index (κ2) is 4.73. The molecule has 0 amide bonds. The third-order valence-electron chi connectivity index (χ3n) is 2.32. The number of hydrogen-bond acceptors (Lipinski definition) is 2. The molecule has 0 fully saturated rings. The summed E-state index contributed by atoms with van der Waals surface area (Å²) in [5, 5.41) is 8.71. The van der Waals surface area contributed by atoms with Gasteiger partial charge in [-0.2, -0.15) is 0 Å². The number of carbonyl (C=O) groups excluding carboxylic acids is 1. The van der Waals surface area contributed by atoms with E-state index in [2.05, 4.69) is 0 Å². The van der Waals surface area contributed by atoms with E-state index in [1.54, 1.807) is 31.2 Å². The van der Waals surface area contributed by atoms with Crippen LogP contribution in [0.25, 0.3) is 0 Å². The van der Waals surface area contributed by atoms with Gasteiger partial charge in [-0.05, 0) is 30.5 Å². The minimum absolute atomic E-state index is 0.143. The van der Waals surface area contributed by atoms with Crippen molar-refractivity contribution in [2.45, 2.75) is 26.2 Å². The molecule has 3 heteroatoms. The van der Waals surface area contributed by atoms with Crippen molar-refractivity contribution < 1.29 is 14.7 Å². The summed E-state index contributed by atoms with van der Waals surface area (Å²) in [5.74, 6) is -0.643. The first kappa shape index (κ1) is 11.4. The number of carboxylic acids is 1. The van der Waals surface area contributed by atoms with Gasteiger partial charge in [-0.1, -0.05) is 19.1 Å². The maximum absolute atomic E-state index is 10.9. The Kier molecular flexibility index (Phi) is 3.61. The number of benzene rings is 1. The Balaban J connectivity index is 2.79. The van der Waals surface area contributed by atoms with E-state index in [4.69, 9.17) is 5.11 Å². The SMILES string of the molecule is CC(=O)CC(C)c1ccc(C(=O)O)cc1. The molecule has 0 saturated carbocycles. The normalized spacial score (nSPS) is 12.1. The summed E-state index contributed by atoms with van der Waals surface area (Å²) in [6.45, 7) is 3.51. The second-order valence-corrected chi connectivity index (χ2v) is 3.73. The van der Waals surface area contributed by atoms with Crippen LogP contribution in [-0.4, -0.2) is 16.9 Å². The zero-order valence-electron chi connectivity index (χ0n) is 8.86. The van der Waals surface area contributed by atoms with Crippen molar-refractivity contribution in [1.82, 2.24) is 0 Å². The van der Waals surface area contributed by atoms with Crippen molar-refractivity contribution in [3.63, 3.8) is 0 Å². The highest BCUT2D eigenvalue weighted by molar-refractivity contribution is 5.87. The first-order valence-electron chi connectivity index (χ1n) is 4.83. The van der Waals surface area contributed by atoms with Crippen LogP contribution in [0.15, 0.2) is 24.3 Å². The lowest BCUT2D eigenvalue weighted by atomic mass is 9.95. The fraction of sp³-hybridized carbons (Fsp3) is 0.333. The van der Waals surface area contributed by atoms with Gasteiger partial charge in [-0.3, -0.25) is 0 Å². The maximum Gasteiger partial charge on any atom is 0.335 e. The summed E-state index contributed by atoms with van der Waals surface area (Å²) >= 11 is 0. The molecule has 0 bridgehead atoms. The van der Waals surface area contributed by atoms with Gasteiger partial charge in [0.25, 0.3) is 0 Å². The van der Waals surface area contributed by atoms with Gasteiger partial charge in [0, 0.05) is 6.42 Å². The molecule has 1 unspecified atom stereocenters. The van der Waals surface area contributed by atoms with Gasteiger partial charge in [-0.25, -0.2) is 4.79 Å². The molecule has 0 aliphatic rings. The van der Waals surface area contributed by atoms with Crippen molar-refractivity contribution in [1.29, 1.82) is 0 Å². The molecule has 15 heavy (non-hydrogen) atoms. The summed E-state index contributed by atoms with van der Waals surface area (Å²) in [7, 11) is 0. The van der Waals surface area contributed by atoms with E-state index in [1.807, 2.05) is 6.92 Å². The smallest absolute Gasteiger partial charge is 0.335 e. The highest BCUT2D eigenvalue weighted by Gasteiger charge is 2.09. The molecule has 0 aliphatic carbocycles. The summed E-state index contributed by atoms with van der Waals surface area (Å²) in [5.41, 5.74) is 1.27. The van der Waals surface area contributed by atoms with E-state index < -0.39 is 5.97 Å². The van der Waals surface area contributed by atoms with Crippen molar-refractivity contribution in [2.75, 3.05) is 0 Å². The van der Waals surface area contributed by atoms with E-state index in [9.17, 15) is 9.59 Å². The largest absolute Gasteiger partial charge is 0.478 e. The monoisotopic (exact) mass is 206 g/mol. The molecule has 1 atom stereocenters. The Morgan fingerprint density at radius 2 is 1.80 bits per heavy atom. The van der Waals surface area contributed by atoms with Crippen LogP contribution in [-0.2, 0) is 4.79 Å². The van der Waals surface area contributed by atoms with E-state index in [1.165, 1.54) is 0 Å². The summed E-state index contributed by atoms with van der Waals surface area (Å²) < 4.78 is 0. The summed E-state index contributed by atoms with van der Waals surface area (Å²) in [6.07, 6.45) is 0.492. The van der Waals surface area contributed by atoms with E-state index in [-0.39, 0.29) is 17.3 Å². The number of aromatic carboxylic acids is 1. The Morgan fingerprint density at radius 3 is 2.20 bits per heavy atom. The van der Waals surface area contributed by atoms with E-state index >= 15 is 0 Å². The molecule has 3 nitrogen and oxygen atoms in total. The quantitative estimate of drug-likeness (QED) is 0.823. The minimum atomic E-state index is -0.930. The number of ketones is 1. The van der Waals surface area contributed by atoms with Crippen LogP contribution in [0, 0.1) is 0 Å². The van der Waals surface area contributed by atoms with Crippen LogP contribution < -0.4 is 0 Å². The van der Waals surface area contributed by atoms with Crippen LogP contribution in [0.2, 0.25) is 0 Å². The molecule has 80 valence electrons. The Morgan fingerprint density at radius 1 is 1.27 bits per heavy atom. The first-order valence-corrected chi connectivity index (χ1v) is 4.83. The van der Waals surface area contributed by atoms with Crippen LogP contribution in [0.4, 0.5) is 0 Å². The van der Waals surface area contributed by atoms with Crippen LogP contribution in [0.3, 0.4) is 0 Å². The molecule has 1 N–H and O–H groups in total. The van der Waals surface area contributed by atoms with Crippen molar-refractivity contribution in [3.05, 3.63) is 35.4 Å². The lowest BCUT2D eigenvalue weighted by Crippen LogP contribution is -2.01. The topological polar surface area (TPSA) is 54.4 Å². The van der Waals surface area contributed by atoms with E-state index in [0.717, 1.165) is 5.56 Å². The number of carbonyl (C=O) groups is 2. The van der Waals surface area contributed by atoms with Gasteiger partial charge in [0.05, 0.1) is 5.56 Å². The predicted molar refractivity (Wildman–Crippen MR) is 57.1 cm³/mol. The van der Waals surface area contributed by atoms with Gasteiger partial charge < -0.3 is 9.90 Å². The third kappa shape index (κ3) is 3.20. The molecular formula is C12H14O3. The average molecular weight is 206 g/mol. The number of Topliss-reactive ketones (excluding diaryl/α,β-unsaturated/α-hetero) is 1. The molecule has 0 aromatic heterocycles. The van der Waals surface area contributed by atoms with Gasteiger partial charge in [0.1, 0.15) is 5.78 Å². The average Bonchev–Trinajstić information content (AvgIpc) is 2.17. The zero-order chi connectivity index (χ0) is 11.4. The summed E-state index contributed by atoms with van der Waals surface area (Å²) in [4.78, 5) is 21.5.